The number of carbonyl (C=O) groups excluding carboxylic acids is 1. The Kier molecular flexibility index (Phi) is 5.04. The topological polar surface area (TPSA) is 65.7 Å². The molecule has 5 heteroatoms. The number of hydrogen-bond acceptors (Lipinski definition) is 5. The number of fused-ring (bicyclic) bond motifs is 3. The van der Waals surface area contributed by atoms with Crippen LogP contribution in [0.4, 0.5) is 0 Å². The Balaban J connectivity index is 1.55. The predicted octanol–water partition coefficient (Wildman–Crippen LogP) is 4.69. The number of aryl methyl sites for hydroxylation is 1. The van der Waals surface area contributed by atoms with Gasteiger partial charge in [0.25, 0.3) is 0 Å². The summed E-state index contributed by atoms with van der Waals surface area (Å²) in [5.41, 5.74) is 2.66. The molecular weight excluding hydrogens is 368 g/mol. The minimum absolute atomic E-state index is 0.0366. The van der Waals surface area contributed by atoms with Gasteiger partial charge in [0.2, 0.25) is 0 Å². The van der Waals surface area contributed by atoms with Crippen LogP contribution in [0.1, 0.15) is 16.7 Å². The van der Waals surface area contributed by atoms with Crippen LogP contribution in [0, 0.1) is 13.8 Å². The average molecular weight is 388 g/mol. The standard InChI is InChI=1S/C24H20O5/c1-15-6-5-9-20(16(15)2)27-14-23(26)28-13-18-12-22(25)29-21-11-10-17-7-3-4-8-19(17)24(18)21/h3-12H,13-14H2,1-2H3. The molecule has 5 nitrogen and oxygen atoms in total. The molecule has 0 amide bonds. The van der Waals surface area contributed by atoms with E-state index in [0.717, 1.165) is 27.3 Å². The molecule has 4 rings (SSSR count). The highest BCUT2D eigenvalue weighted by molar-refractivity contribution is 6.07. The number of benzene rings is 3. The second-order valence-corrected chi connectivity index (χ2v) is 6.90. The first-order valence-electron chi connectivity index (χ1n) is 9.32. The van der Waals surface area contributed by atoms with Gasteiger partial charge in [0.05, 0.1) is 0 Å². The van der Waals surface area contributed by atoms with E-state index in [2.05, 4.69) is 0 Å². The first-order valence-corrected chi connectivity index (χ1v) is 9.32. The fourth-order valence-electron chi connectivity index (χ4n) is 3.35. The van der Waals surface area contributed by atoms with Crippen LogP contribution in [-0.4, -0.2) is 12.6 Å². The maximum atomic E-state index is 12.2. The largest absolute Gasteiger partial charge is 0.482 e. The van der Waals surface area contributed by atoms with Gasteiger partial charge in [0.1, 0.15) is 17.9 Å². The van der Waals surface area contributed by atoms with Crippen LogP contribution in [0.3, 0.4) is 0 Å². The van der Waals surface area contributed by atoms with Gasteiger partial charge in [0, 0.05) is 17.0 Å². The second-order valence-electron chi connectivity index (χ2n) is 6.90. The summed E-state index contributed by atoms with van der Waals surface area (Å²) < 4.78 is 16.3. The molecule has 0 aliphatic heterocycles. The van der Waals surface area contributed by atoms with E-state index >= 15 is 0 Å². The lowest BCUT2D eigenvalue weighted by molar-refractivity contribution is -0.147. The molecule has 1 aromatic heterocycles. The van der Waals surface area contributed by atoms with Crippen LogP contribution in [0.25, 0.3) is 21.7 Å². The Labute approximate surface area is 167 Å². The SMILES string of the molecule is Cc1cccc(OCC(=O)OCc2cc(=O)oc3ccc4ccccc4c23)c1C. The predicted molar refractivity (Wildman–Crippen MR) is 111 cm³/mol. The lowest BCUT2D eigenvalue weighted by atomic mass is 10.0. The molecule has 4 aromatic rings. The van der Waals surface area contributed by atoms with Crippen molar-refractivity contribution in [3.05, 3.63) is 87.8 Å². The monoisotopic (exact) mass is 388 g/mol. The third-order valence-corrected chi connectivity index (χ3v) is 5.00. The third kappa shape index (κ3) is 3.85. The van der Waals surface area contributed by atoms with Crippen molar-refractivity contribution in [1.29, 1.82) is 0 Å². The molecule has 0 saturated heterocycles. The Morgan fingerprint density at radius 2 is 1.83 bits per heavy atom. The molecule has 0 atom stereocenters. The Morgan fingerprint density at radius 1 is 1.00 bits per heavy atom. The highest BCUT2D eigenvalue weighted by atomic mass is 16.6. The van der Waals surface area contributed by atoms with E-state index < -0.39 is 11.6 Å². The highest BCUT2D eigenvalue weighted by Gasteiger charge is 2.13. The lowest BCUT2D eigenvalue weighted by Crippen LogP contribution is -2.16. The van der Waals surface area contributed by atoms with Crippen molar-refractivity contribution in [2.75, 3.05) is 6.61 Å². The number of rotatable bonds is 5. The molecule has 0 aliphatic rings. The molecule has 0 radical (unpaired) electrons. The first kappa shape index (κ1) is 18.7. The van der Waals surface area contributed by atoms with Gasteiger partial charge in [0.15, 0.2) is 6.61 Å². The summed E-state index contributed by atoms with van der Waals surface area (Å²) in [5.74, 6) is 0.145. The normalized spacial score (nSPS) is 11.0. The highest BCUT2D eigenvalue weighted by Crippen LogP contribution is 2.28. The zero-order chi connectivity index (χ0) is 20.4. The molecule has 3 aromatic carbocycles. The van der Waals surface area contributed by atoms with Gasteiger partial charge >= 0.3 is 11.6 Å². The number of hydrogen-bond donors (Lipinski definition) is 0. The molecule has 0 fully saturated rings. The van der Waals surface area contributed by atoms with Crippen LogP contribution in [-0.2, 0) is 16.1 Å². The molecule has 0 spiro atoms. The molecular formula is C24H20O5. The van der Waals surface area contributed by atoms with Crippen molar-refractivity contribution >= 4 is 27.7 Å². The molecule has 0 N–H and O–H groups in total. The number of ether oxygens (including phenoxy) is 2. The van der Waals surface area contributed by atoms with E-state index in [1.165, 1.54) is 6.07 Å². The summed E-state index contributed by atoms with van der Waals surface area (Å²) in [6.45, 7) is 3.68. The van der Waals surface area contributed by atoms with E-state index in [1.54, 1.807) is 6.07 Å². The van der Waals surface area contributed by atoms with Crippen molar-refractivity contribution in [2.45, 2.75) is 20.5 Å². The minimum Gasteiger partial charge on any atom is -0.482 e. The number of esters is 1. The van der Waals surface area contributed by atoms with Gasteiger partial charge in [-0.05, 0) is 47.9 Å². The Bertz CT molecular complexity index is 1270. The average Bonchev–Trinajstić information content (AvgIpc) is 2.72. The Morgan fingerprint density at radius 3 is 2.69 bits per heavy atom. The van der Waals surface area contributed by atoms with Crippen molar-refractivity contribution in [2.24, 2.45) is 0 Å². The van der Waals surface area contributed by atoms with E-state index in [4.69, 9.17) is 13.9 Å². The zero-order valence-corrected chi connectivity index (χ0v) is 16.2. The van der Waals surface area contributed by atoms with Gasteiger partial charge in [-0.25, -0.2) is 9.59 Å². The molecule has 0 bridgehead atoms. The molecule has 0 saturated carbocycles. The van der Waals surface area contributed by atoms with E-state index in [-0.39, 0.29) is 13.2 Å². The van der Waals surface area contributed by atoms with Crippen molar-refractivity contribution in [3.8, 4) is 5.75 Å². The van der Waals surface area contributed by atoms with Gasteiger partial charge in [-0.3, -0.25) is 0 Å². The van der Waals surface area contributed by atoms with Gasteiger partial charge in [-0.15, -0.1) is 0 Å². The second kappa shape index (κ2) is 7.80. The quantitative estimate of drug-likeness (QED) is 0.282. The van der Waals surface area contributed by atoms with Crippen LogP contribution in [0.5, 0.6) is 5.75 Å². The van der Waals surface area contributed by atoms with Crippen LogP contribution < -0.4 is 10.4 Å². The molecule has 0 unspecified atom stereocenters. The number of carbonyl (C=O) groups is 1. The summed E-state index contributed by atoms with van der Waals surface area (Å²) in [5, 5.41) is 2.72. The van der Waals surface area contributed by atoms with Gasteiger partial charge in [-0.1, -0.05) is 42.5 Å². The van der Waals surface area contributed by atoms with E-state index in [0.29, 0.717) is 16.9 Å². The summed E-state index contributed by atoms with van der Waals surface area (Å²) >= 11 is 0. The van der Waals surface area contributed by atoms with Crippen molar-refractivity contribution < 1.29 is 18.7 Å². The smallest absolute Gasteiger partial charge is 0.344 e. The van der Waals surface area contributed by atoms with E-state index in [9.17, 15) is 9.59 Å². The molecule has 0 aliphatic carbocycles. The zero-order valence-electron chi connectivity index (χ0n) is 16.2. The maximum Gasteiger partial charge on any atom is 0.344 e. The summed E-state index contributed by atoms with van der Waals surface area (Å²) in [4.78, 5) is 24.2. The maximum absolute atomic E-state index is 12.2. The van der Waals surface area contributed by atoms with Crippen LogP contribution >= 0.6 is 0 Å². The fourth-order valence-corrected chi connectivity index (χ4v) is 3.35. The van der Waals surface area contributed by atoms with Crippen molar-refractivity contribution in [1.82, 2.24) is 0 Å². The Hall–Kier alpha value is -3.60. The van der Waals surface area contributed by atoms with E-state index in [1.807, 2.05) is 62.4 Å². The molecule has 146 valence electrons. The van der Waals surface area contributed by atoms with Crippen molar-refractivity contribution in [3.63, 3.8) is 0 Å². The minimum atomic E-state index is -0.507. The lowest BCUT2D eigenvalue weighted by Gasteiger charge is -2.12. The third-order valence-electron chi connectivity index (χ3n) is 5.00. The van der Waals surface area contributed by atoms with Gasteiger partial charge in [-0.2, -0.15) is 0 Å². The molecule has 29 heavy (non-hydrogen) atoms. The van der Waals surface area contributed by atoms with Gasteiger partial charge < -0.3 is 13.9 Å². The fraction of sp³-hybridized carbons (Fsp3) is 0.167. The molecule has 1 heterocycles. The summed E-state index contributed by atoms with van der Waals surface area (Å²) in [6, 6.07) is 18.5. The first-order chi connectivity index (χ1) is 14.0. The van der Waals surface area contributed by atoms with Crippen LogP contribution in [0.15, 0.2) is 69.9 Å². The van der Waals surface area contributed by atoms with Crippen LogP contribution in [0.2, 0.25) is 0 Å². The summed E-state index contributed by atoms with van der Waals surface area (Å²) in [7, 11) is 0. The summed E-state index contributed by atoms with van der Waals surface area (Å²) in [6.07, 6.45) is 0.